The van der Waals surface area contributed by atoms with Gasteiger partial charge in [-0.1, -0.05) is 5.16 Å². The van der Waals surface area contributed by atoms with E-state index in [0.29, 0.717) is 11.5 Å². The van der Waals surface area contributed by atoms with Gasteiger partial charge >= 0.3 is 5.69 Å². The Kier molecular flexibility index (Phi) is 3.22. The molecule has 0 atom stereocenters. The van der Waals surface area contributed by atoms with Gasteiger partial charge in [0.25, 0.3) is 0 Å². The van der Waals surface area contributed by atoms with Gasteiger partial charge in [-0.3, -0.25) is 10.1 Å². The number of benzene rings is 1. The van der Waals surface area contributed by atoms with E-state index < -0.39 is 16.4 Å². The van der Waals surface area contributed by atoms with Crippen LogP contribution in [0.1, 0.15) is 11.5 Å². The molecule has 0 amide bonds. The number of nitrogens with zero attached hydrogens (tertiary/aromatic N) is 2. The minimum Gasteiger partial charge on any atom is -0.487 e. The first-order valence-corrected chi connectivity index (χ1v) is 5.05. The minimum atomic E-state index is -0.936. The number of aryl methyl sites for hydroxylation is 1. The molecule has 6 nitrogen and oxygen atoms in total. The number of nitro benzene ring substituents is 1. The normalized spacial score (nSPS) is 10.3. The predicted molar refractivity (Wildman–Crippen MR) is 58.6 cm³/mol. The van der Waals surface area contributed by atoms with Crippen molar-refractivity contribution in [3.05, 3.63) is 51.7 Å². The second-order valence-electron chi connectivity index (χ2n) is 3.59. The summed E-state index contributed by atoms with van der Waals surface area (Å²) in [7, 11) is 0. The molecule has 0 aliphatic carbocycles. The molecule has 0 aliphatic rings. The zero-order valence-corrected chi connectivity index (χ0v) is 9.42. The third kappa shape index (κ3) is 2.62. The molecule has 1 aromatic heterocycles. The maximum Gasteiger partial charge on any atom is 0.305 e. The Bertz CT molecular complexity index is 582. The monoisotopic (exact) mass is 252 g/mol. The lowest BCUT2D eigenvalue weighted by molar-refractivity contribution is -0.387. The van der Waals surface area contributed by atoms with E-state index in [1.165, 1.54) is 6.07 Å². The van der Waals surface area contributed by atoms with Gasteiger partial charge in [-0.25, -0.2) is 0 Å². The van der Waals surface area contributed by atoms with Crippen LogP contribution in [0, 0.1) is 22.9 Å². The molecule has 0 N–H and O–H groups in total. The molecular formula is C11H9FN2O4. The van der Waals surface area contributed by atoms with Crippen molar-refractivity contribution in [2.75, 3.05) is 0 Å². The number of hydrogen-bond acceptors (Lipinski definition) is 5. The summed E-state index contributed by atoms with van der Waals surface area (Å²) < 4.78 is 23.3. The highest BCUT2D eigenvalue weighted by Gasteiger charge is 2.14. The standard InChI is InChI=1S/C11H9FN2O4/c1-7-4-8(13-18-7)6-17-9-2-3-11(14(15)16)10(12)5-9/h2-5H,6H2,1H3. The lowest BCUT2D eigenvalue weighted by Gasteiger charge is -2.03. The zero-order chi connectivity index (χ0) is 13.1. The molecule has 0 fully saturated rings. The van der Waals surface area contributed by atoms with Gasteiger partial charge in [-0.2, -0.15) is 4.39 Å². The van der Waals surface area contributed by atoms with Crippen molar-refractivity contribution in [3.8, 4) is 5.75 Å². The summed E-state index contributed by atoms with van der Waals surface area (Å²) in [5.41, 5.74) is -0.0223. The van der Waals surface area contributed by atoms with E-state index in [-0.39, 0.29) is 12.4 Å². The number of nitro groups is 1. The molecule has 1 heterocycles. The Balaban J connectivity index is 2.06. The highest BCUT2D eigenvalue weighted by molar-refractivity contribution is 5.37. The van der Waals surface area contributed by atoms with Crippen molar-refractivity contribution in [1.82, 2.24) is 5.16 Å². The van der Waals surface area contributed by atoms with Crippen LogP contribution < -0.4 is 4.74 Å². The molecule has 0 spiro atoms. The molecular weight excluding hydrogens is 243 g/mol. The van der Waals surface area contributed by atoms with Crippen LogP contribution in [-0.2, 0) is 6.61 Å². The topological polar surface area (TPSA) is 78.4 Å². The molecule has 0 saturated carbocycles. The van der Waals surface area contributed by atoms with Gasteiger partial charge < -0.3 is 9.26 Å². The molecule has 2 rings (SSSR count). The second-order valence-corrected chi connectivity index (χ2v) is 3.59. The van der Waals surface area contributed by atoms with E-state index in [0.717, 1.165) is 12.1 Å². The number of ether oxygens (including phenoxy) is 1. The van der Waals surface area contributed by atoms with Crippen molar-refractivity contribution < 1.29 is 18.6 Å². The quantitative estimate of drug-likeness (QED) is 0.617. The van der Waals surface area contributed by atoms with Crippen LogP contribution >= 0.6 is 0 Å². The predicted octanol–water partition coefficient (Wildman–Crippen LogP) is 2.61. The van der Waals surface area contributed by atoms with Gasteiger partial charge in [-0.05, 0) is 13.0 Å². The van der Waals surface area contributed by atoms with E-state index in [2.05, 4.69) is 5.16 Å². The third-order valence-corrected chi connectivity index (χ3v) is 2.18. The molecule has 0 unspecified atom stereocenters. The van der Waals surface area contributed by atoms with Crippen LogP contribution in [0.25, 0.3) is 0 Å². The molecule has 0 bridgehead atoms. The smallest absolute Gasteiger partial charge is 0.305 e. The van der Waals surface area contributed by atoms with Gasteiger partial charge in [-0.15, -0.1) is 0 Å². The molecule has 0 aliphatic heterocycles. The summed E-state index contributed by atoms with van der Waals surface area (Å²) in [4.78, 5) is 9.63. The molecule has 94 valence electrons. The maximum absolute atomic E-state index is 13.3. The van der Waals surface area contributed by atoms with Crippen molar-refractivity contribution in [1.29, 1.82) is 0 Å². The fourth-order valence-corrected chi connectivity index (χ4v) is 1.37. The molecule has 0 saturated heterocycles. The molecule has 0 radical (unpaired) electrons. The molecule has 18 heavy (non-hydrogen) atoms. The number of hydrogen-bond donors (Lipinski definition) is 0. The lowest BCUT2D eigenvalue weighted by Crippen LogP contribution is -1.97. The SMILES string of the molecule is Cc1cc(COc2ccc([N+](=O)[O-])c(F)c2)no1. The van der Waals surface area contributed by atoms with Gasteiger partial charge in [0.1, 0.15) is 23.8 Å². The van der Waals surface area contributed by atoms with E-state index in [9.17, 15) is 14.5 Å². The van der Waals surface area contributed by atoms with E-state index in [1.807, 2.05) is 0 Å². The number of halogens is 1. The minimum absolute atomic E-state index is 0.106. The average molecular weight is 252 g/mol. The average Bonchev–Trinajstić information content (AvgIpc) is 2.72. The van der Waals surface area contributed by atoms with Crippen molar-refractivity contribution in [2.45, 2.75) is 13.5 Å². The van der Waals surface area contributed by atoms with Crippen LogP contribution in [0.15, 0.2) is 28.8 Å². The van der Waals surface area contributed by atoms with E-state index in [1.54, 1.807) is 13.0 Å². The largest absolute Gasteiger partial charge is 0.487 e. The van der Waals surface area contributed by atoms with Crippen LogP contribution in [0.2, 0.25) is 0 Å². The summed E-state index contributed by atoms with van der Waals surface area (Å²) >= 11 is 0. The molecule has 7 heteroatoms. The van der Waals surface area contributed by atoms with Crippen molar-refractivity contribution >= 4 is 5.69 Å². The highest BCUT2D eigenvalue weighted by atomic mass is 19.1. The van der Waals surface area contributed by atoms with Crippen LogP contribution in [0.4, 0.5) is 10.1 Å². The lowest BCUT2D eigenvalue weighted by atomic mass is 10.3. The van der Waals surface area contributed by atoms with Gasteiger partial charge in [0.05, 0.1) is 4.92 Å². The van der Waals surface area contributed by atoms with Crippen LogP contribution in [0.5, 0.6) is 5.75 Å². The van der Waals surface area contributed by atoms with Crippen LogP contribution in [-0.4, -0.2) is 10.1 Å². The Hall–Kier alpha value is -2.44. The van der Waals surface area contributed by atoms with Crippen molar-refractivity contribution in [2.24, 2.45) is 0 Å². The van der Waals surface area contributed by atoms with Crippen LogP contribution in [0.3, 0.4) is 0 Å². The first-order valence-electron chi connectivity index (χ1n) is 5.05. The second kappa shape index (κ2) is 4.82. The van der Waals surface area contributed by atoms with Gasteiger partial charge in [0, 0.05) is 18.2 Å². The molecule has 2 aromatic rings. The summed E-state index contributed by atoms with van der Waals surface area (Å²) in [5.74, 6) is -0.101. The Morgan fingerprint density at radius 3 is 2.83 bits per heavy atom. The first-order chi connectivity index (χ1) is 8.56. The Morgan fingerprint density at radius 2 is 2.28 bits per heavy atom. The maximum atomic E-state index is 13.3. The fourth-order valence-electron chi connectivity index (χ4n) is 1.37. The van der Waals surface area contributed by atoms with Crippen molar-refractivity contribution in [3.63, 3.8) is 0 Å². The van der Waals surface area contributed by atoms with E-state index in [4.69, 9.17) is 9.26 Å². The third-order valence-electron chi connectivity index (χ3n) is 2.18. The first kappa shape index (κ1) is 12.0. The van der Waals surface area contributed by atoms with Gasteiger partial charge in [0.15, 0.2) is 0 Å². The number of aromatic nitrogens is 1. The summed E-state index contributed by atoms with van der Waals surface area (Å²) in [6, 6.07) is 5.03. The summed E-state index contributed by atoms with van der Waals surface area (Å²) in [6.45, 7) is 1.84. The fraction of sp³-hybridized carbons (Fsp3) is 0.182. The van der Waals surface area contributed by atoms with Gasteiger partial charge in [0.2, 0.25) is 5.82 Å². The zero-order valence-electron chi connectivity index (χ0n) is 9.42. The Labute approximate surface area is 101 Å². The Morgan fingerprint density at radius 1 is 1.50 bits per heavy atom. The van der Waals surface area contributed by atoms with E-state index >= 15 is 0 Å². The molecule has 1 aromatic carbocycles. The summed E-state index contributed by atoms with van der Waals surface area (Å²) in [6.07, 6.45) is 0. The highest BCUT2D eigenvalue weighted by Crippen LogP contribution is 2.22. The summed E-state index contributed by atoms with van der Waals surface area (Å²) in [5, 5.41) is 14.1. The number of rotatable bonds is 4.